The van der Waals surface area contributed by atoms with Gasteiger partial charge in [0, 0.05) is 12.7 Å². The van der Waals surface area contributed by atoms with Crippen LogP contribution in [0.2, 0.25) is 0 Å². The topological polar surface area (TPSA) is 84.2 Å². The maximum Gasteiger partial charge on any atom is 0.243 e. The SMILES string of the molecule is CCc1ccc(CNS(=O)(=O)c2cnn(CCO)c2)cc1. The molecule has 0 saturated heterocycles. The zero-order valence-corrected chi connectivity index (χ0v) is 12.7. The molecule has 2 N–H and O–H groups in total. The monoisotopic (exact) mass is 309 g/mol. The highest BCUT2D eigenvalue weighted by Gasteiger charge is 2.16. The molecule has 0 unspecified atom stereocenters. The van der Waals surface area contributed by atoms with Crippen LogP contribution < -0.4 is 4.72 Å². The van der Waals surface area contributed by atoms with Crippen LogP contribution in [0.4, 0.5) is 0 Å². The number of nitrogens with one attached hydrogen (secondary N) is 1. The molecule has 0 aliphatic rings. The molecule has 114 valence electrons. The van der Waals surface area contributed by atoms with E-state index >= 15 is 0 Å². The largest absolute Gasteiger partial charge is 0.394 e. The van der Waals surface area contributed by atoms with Crippen LogP contribution in [0.15, 0.2) is 41.6 Å². The normalized spacial score (nSPS) is 11.7. The van der Waals surface area contributed by atoms with Gasteiger partial charge in [0.25, 0.3) is 0 Å². The summed E-state index contributed by atoms with van der Waals surface area (Å²) in [4.78, 5) is 0.0983. The second-order valence-electron chi connectivity index (χ2n) is 4.66. The first-order valence-corrected chi connectivity index (χ1v) is 8.24. The van der Waals surface area contributed by atoms with Crippen LogP contribution in [-0.2, 0) is 29.5 Å². The number of hydrogen-bond acceptors (Lipinski definition) is 4. The highest BCUT2D eigenvalue weighted by Crippen LogP contribution is 2.09. The lowest BCUT2D eigenvalue weighted by molar-refractivity contribution is 0.269. The van der Waals surface area contributed by atoms with Gasteiger partial charge in [0.1, 0.15) is 4.90 Å². The Bertz CT molecular complexity index is 678. The summed E-state index contributed by atoms with van der Waals surface area (Å²) in [6.45, 7) is 2.49. The maximum atomic E-state index is 12.1. The van der Waals surface area contributed by atoms with Crippen LogP contribution in [-0.4, -0.2) is 29.9 Å². The summed E-state index contributed by atoms with van der Waals surface area (Å²) in [5, 5.41) is 12.7. The molecule has 0 radical (unpaired) electrons. The lowest BCUT2D eigenvalue weighted by Gasteiger charge is -2.05. The summed E-state index contributed by atoms with van der Waals surface area (Å²) in [5.74, 6) is 0. The van der Waals surface area contributed by atoms with Crippen molar-refractivity contribution in [2.75, 3.05) is 6.61 Å². The number of aliphatic hydroxyl groups is 1. The second kappa shape index (κ2) is 6.84. The van der Waals surface area contributed by atoms with Crippen molar-refractivity contribution >= 4 is 10.0 Å². The van der Waals surface area contributed by atoms with Crippen molar-refractivity contribution in [1.29, 1.82) is 0 Å². The smallest absolute Gasteiger partial charge is 0.243 e. The lowest BCUT2D eigenvalue weighted by atomic mass is 10.1. The van der Waals surface area contributed by atoms with E-state index in [-0.39, 0.29) is 24.6 Å². The Hall–Kier alpha value is -1.70. The molecule has 0 aliphatic carbocycles. The molecule has 7 heteroatoms. The van der Waals surface area contributed by atoms with Crippen molar-refractivity contribution in [1.82, 2.24) is 14.5 Å². The fourth-order valence-electron chi connectivity index (χ4n) is 1.86. The molecule has 1 heterocycles. The molecular formula is C14H19N3O3S. The van der Waals surface area contributed by atoms with Gasteiger partial charge in [0.2, 0.25) is 10.0 Å². The van der Waals surface area contributed by atoms with Crippen molar-refractivity contribution in [2.24, 2.45) is 0 Å². The van der Waals surface area contributed by atoms with Crippen LogP contribution in [0.5, 0.6) is 0 Å². The number of benzene rings is 1. The third-order valence-electron chi connectivity index (χ3n) is 3.15. The molecule has 0 spiro atoms. The van der Waals surface area contributed by atoms with E-state index < -0.39 is 10.0 Å². The fourth-order valence-corrected chi connectivity index (χ4v) is 2.83. The third kappa shape index (κ3) is 4.13. The van der Waals surface area contributed by atoms with Crippen molar-refractivity contribution in [3.05, 3.63) is 47.8 Å². The standard InChI is InChI=1S/C14H19N3O3S/c1-2-12-3-5-13(6-4-12)9-16-21(19,20)14-10-15-17(11-14)7-8-18/h3-6,10-11,16,18H,2,7-9H2,1H3. The number of rotatable bonds is 7. The van der Waals surface area contributed by atoms with Gasteiger partial charge in [-0.15, -0.1) is 0 Å². The number of aliphatic hydroxyl groups excluding tert-OH is 1. The van der Waals surface area contributed by atoms with E-state index in [1.165, 1.54) is 22.6 Å². The molecule has 0 bridgehead atoms. The van der Waals surface area contributed by atoms with Crippen LogP contribution in [0.1, 0.15) is 18.1 Å². The predicted molar refractivity (Wildman–Crippen MR) is 79.2 cm³/mol. The Morgan fingerprint density at radius 3 is 2.52 bits per heavy atom. The lowest BCUT2D eigenvalue weighted by Crippen LogP contribution is -2.22. The Morgan fingerprint density at radius 1 is 1.24 bits per heavy atom. The number of hydrogen-bond donors (Lipinski definition) is 2. The molecular weight excluding hydrogens is 290 g/mol. The minimum atomic E-state index is -3.59. The first-order chi connectivity index (χ1) is 10.0. The van der Waals surface area contributed by atoms with E-state index in [1.54, 1.807) is 0 Å². The molecule has 1 aromatic heterocycles. The van der Waals surface area contributed by atoms with Gasteiger partial charge in [-0.25, -0.2) is 13.1 Å². The van der Waals surface area contributed by atoms with E-state index in [4.69, 9.17) is 5.11 Å². The molecule has 0 fully saturated rings. The summed E-state index contributed by atoms with van der Waals surface area (Å²) in [6, 6.07) is 7.80. The average Bonchev–Trinajstić information content (AvgIpc) is 2.96. The third-order valence-corrected chi connectivity index (χ3v) is 4.50. The van der Waals surface area contributed by atoms with Crippen LogP contribution in [0.25, 0.3) is 0 Å². The molecule has 0 atom stereocenters. The Morgan fingerprint density at radius 2 is 1.90 bits per heavy atom. The average molecular weight is 309 g/mol. The molecule has 0 saturated carbocycles. The Balaban J connectivity index is 2.02. The number of nitrogens with zero attached hydrogens (tertiary/aromatic N) is 2. The second-order valence-corrected chi connectivity index (χ2v) is 6.42. The molecule has 21 heavy (non-hydrogen) atoms. The summed E-state index contributed by atoms with van der Waals surface area (Å²) in [5.41, 5.74) is 2.12. The minimum Gasteiger partial charge on any atom is -0.394 e. The van der Waals surface area contributed by atoms with Crippen molar-refractivity contribution in [2.45, 2.75) is 31.3 Å². The summed E-state index contributed by atoms with van der Waals surface area (Å²) in [6.07, 6.45) is 3.63. The summed E-state index contributed by atoms with van der Waals surface area (Å²) in [7, 11) is -3.59. The van der Waals surface area contributed by atoms with Gasteiger partial charge in [-0.05, 0) is 17.5 Å². The first kappa shape index (κ1) is 15.7. The van der Waals surface area contributed by atoms with E-state index in [0.717, 1.165) is 12.0 Å². The van der Waals surface area contributed by atoms with Crippen LogP contribution in [0.3, 0.4) is 0 Å². The van der Waals surface area contributed by atoms with Gasteiger partial charge in [0.15, 0.2) is 0 Å². The molecule has 2 rings (SSSR count). The van der Waals surface area contributed by atoms with Gasteiger partial charge in [-0.1, -0.05) is 31.2 Å². The molecule has 6 nitrogen and oxygen atoms in total. The zero-order valence-electron chi connectivity index (χ0n) is 11.9. The molecule has 1 aromatic carbocycles. The van der Waals surface area contributed by atoms with Crippen molar-refractivity contribution < 1.29 is 13.5 Å². The minimum absolute atomic E-state index is 0.0849. The van der Waals surface area contributed by atoms with E-state index in [1.807, 2.05) is 24.3 Å². The van der Waals surface area contributed by atoms with Gasteiger partial charge < -0.3 is 5.11 Å². The summed E-state index contributed by atoms with van der Waals surface area (Å²) < 4.78 is 28.2. The van der Waals surface area contributed by atoms with Crippen LogP contribution in [0, 0.1) is 0 Å². The quantitative estimate of drug-likeness (QED) is 0.796. The van der Waals surface area contributed by atoms with Crippen molar-refractivity contribution in [3.8, 4) is 0 Å². The summed E-state index contributed by atoms with van der Waals surface area (Å²) >= 11 is 0. The van der Waals surface area contributed by atoms with Gasteiger partial charge in [-0.2, -0.15) is 5.10 Å². The number of aromatic nitrogens is 2. The maximum absolute atomic E-state index is 12.1. The molecule has 0 aliphatic heterocycles. The van der Waals surface area contributed by atoms with E-state index in [0.29, 0.717) is 0 Å². The van der Waals surface area contributed by atoms with E-state index in [9.17, 15) is 8.42 Å². The van der Waals surface area contributed by atoms with Gasteiger partial charge in [0.05, 0.1) is 19.3 Å². The van der Waals surface area contributed by atoms with Gasteiger partial charge >= 0.3 is 0 Å². The number of aryl methyl sites for hydroxylation is 1. The highest BCUT2D eigenvalue weighted by molar-refractivity contribution is 7.89. The molecule has 2 aromatic rings. The van der Waals surface area contributed by atoms with E-state index in [2.05, 4.69) is 16.7 Å². The van der Waals surface area contributed by atoms with Crippen LogP contribution >= 0.6 is 0 Å². The highest BCUT2D eigenvalue weighted by atomic mass is 32.2. The zero-order chi connectivity index (χ0) is 15.3. The first-order valence-electron chi connectivity index (χ1n) is 6.76. The Kier molecular flexibility index (Phi) is 5.11. The fraction of sp³-hybridized carbons (Fsp3) is 0.357. The molecule has 0 amide bonds. The van der Waals surface area contributed by atoms with Crippen molar-refractivity contribution in [3.63, 3.8) is 0 Å². The Labute approximate surface area is 124 Å². The predicted octanol–water partition coefficient (Wildman–Crippen LogP) is 0.916. The van der Waals surface area contributed by atoms with Gasteiger partial charge in [-0.3, -0.25) is 4.68 Å². The number of sulfonamides is 1.